The fourth-order valence-corrected chi connectivity index (χ4v) is 2.11. The molecule has 0 spiro atoms. The fourth-order valence-electron chi connectivity index (χ4n) is 2.11. The smallest absolute Gasteiger partial charge is 0.408 e. The number of alkyl carbamates (subject to hydrolysis) is 1. The lowest BCUT2D eigenvalue weighted by Gasteiger charge is -2.23. The molecule has 0 saturated carbocycles. The molecule has 8 nitrogen and oxygen atoms in total. The average Bonchev–Trinajstić information content (AvgIpc) is 2.90. The van der Waals surface area contributed by atoms with E-state index in [1.54, 1.807) is 37.7 Å². The minimum Gasteiger partial charge on any atom is -0.464 e. The van der Waals surface area contributed by atoms with E-state index in [1.165, 1.54) is 0 Å². The molecule has 0 radical (unpaired) electrons. The minimum atomic E-state index is -0.753. The summed E-state index contributed by atoms with van der Waals surface area (Å²) >= 11 is 0. The third-order valence-electron chi connectivity index (χ3n) is 3.36. The van der Waals surface area contributed by atoms with Gasteiger partial charge in [0.2, 0.25) is 0 Å². The molecule has 0 aromatic carbocycles. The van der Waals surface area contributed by atoms with E-state index in [0.717, 1.165) is 12.8 Å². The summed E-state index contributed by atoms with van der Waals surface area (Å²) in [6, 6.07) is -0.753. The topological polar surface area (TPSA) is 108 Å². The van der Waals surface area contributed by atoms with Crippen LogP contribution in [0.5, 0.6) is 0 Å². The Morgan fingerprint density at radius 2 is 2.08 bits per heavy atom. The highest BCUT2D eigenvalue weighted by Crippen LogP contribution is 2.10. The summed E-state index contributed by atoms with van der Waals surface area (Å²) in [5, 5.41) is 2.60. The van der Waals surface area contributed by atoms with Crippen molar-refractivity contribution in [3.05, 3.63) is 12.4 Å². The van der Waals surface area contributed by atoms with Crippen molar-refractivity contribution in [1.82, 2.24) is 14.9 Å². The lowest BCUT2D eigenvalue weighted by molar-refractivity contribution is -0.146. The molecule has 142 valence electrons. The second kappa shape index (κ2) is 9.90. The number of carbonyl (C=O) groups excluding carboxylic acids is 2. The standard InChI is InChI=1S/C17H30N4O4/c1-5-6-12-24-14(22)13(20-16(23)25-17(2,3)4)8-7-10-21-11-9-19-15(21)18/h9,11,13H,5-8,10,12H2,1-4H3,(H2,18,19)(H,20,23). The number of nitrogens with one attached hydrogen (secondary N) is 1. The maximum absolute atomic E-state index is 12.2. The van der Waals surface area contributed by atoms with Gasteiger partial charge < -0.3 is 25.1 Å². The van der Waals surface area contributed by atoms with Crippen LogP contribution in [0.25, 0.3) is 0 Å². The van der Waals surface area contributed by atoms with Gasteiger partial charge in [0.25, 0.3) is 0 Å². The number of hydrogen-bond donors (Lipinski definition) is 2. The maximum atomic E-state index is 12.2. The summed E-state index contributed by atoms with van der Waals surface area (Å²) in [7, 11) is 0. The van der Waals surface area contributed by atoms with E-state index in [1.807, 2.05) is 6.92 Å². The van der Waals surface area contributed by atoms with E-state index >= 15 is 0 Å². The molecule has 0 aliphatic rings. The van der Waals surface area contributed by atoms with E-state index in [9.17, 15) is 9.59 Å². The number of rotatable bonds is 9. The number of unbranched alkanes of at least 4 members (excludes halogenated alkanes) is 1. The number of carbonyl (C=O) groups is 2. The summed E-state index contributed by atoms with van der Waals surface area (Å²) in [4.78, 5) is 28.2. The largest absolute Gasteiger partial charge is 0.464 e. The second-order valence-corrected chi connectivity index (χ2v) is 6.84. The van der Waals surface area contributed by atoms with Crippen molar-refractivity contribution in [2.75, 3.05) is 12.3 Å². The van der Waals surface area contributed by atoms with Crippen LogP contribution in [0.3, 0.4) is 0 Å². The first kappa shape index (κ1) is 20.8. The van der Waals surface area contributed by atoms with Gasteiger partial charge in [-0.3, -0.25) is 0 Å². The van der Waals surface area contributed by atoms with Crippen LogP contribution in [0.4, 0.5) is 10.7 Å². The Morgan fingerprint density at radius 1 is 1.36 bits per heavy atom. The highest BCUT2D eigenvalue weighted by molar-refractivity contribution is 5.81. The molecule has 0 fully saturated rings. The van der Waals surface area contributed by atoms with Crippen LogP contribution >= 0.6 is 0 Å². The number of imidazole rings is 1. The van der Waals surface area contributed by atoms with Gasteiger partial charge in [0.1, 0.15) is 11.6 Å². The molecule has 0 aliphatic carbocycles. The molecule has 1 rings (SSSR count). The number of aromatic nitrogens is 2. The summed E-state index contributed by atoms with van der Waals surface area (Å²) in [5.74, 6) is -0.0277. The third-order valence-corrected chi connectivity index (χ3v) is 3.36. The zero-order valence-corrected chi connectivity index (χ0v) is 15.6. The van der Waals surface area contributed by atoms with Crippen LogP contribution < -0.4 is 11.1 Å². The van der Waals surface area contributed by atoms with Gasteiger partial charge in [0.15, 0.2) is 5.95 Å². The van der Waals surface area contributed by atoms with E-state index in [2.05, 4.69) is 10.3 Å². The molecular formula is C17H30N4O4. The molecule has 0 saturated heterocycles. The van der Waals surface area contributed by atoms with Gasteiger partial charge >= 0.3 is 12.1 Å². The second-order valence-electron chi connectivity index (χ2n) is 6.84. The Morgan fingerprint density at radius 3 is 2.64 bits per heavy atom. The van der Waals surface area contributed by atoms with E-state index in [4.69, 9.17) is 15.2 Å². The Balaban J connectivity index is 2.58. The highest BCUT2D eigenvalue weighted by Gasteiger charge is 2.25. The number of ether oxygens (including phenoxy) is 2. The molecular weight excluding hydrogens is 324 g/mol. The quantitative estimate of drug-likeness (QED) is 0.521. The number of esters is 1. The SMILES string of the molecule is CCCCOC(=O)C(CCCn1ccnc1N)NC(=O)OC(C)(C)C. The van der Waals surface area contributed by atoms with E-state index < -0.39 is 23.7 Å². The molecule has 1 unspecified atom stereocenters. The van der Waals surface area contributed by atoms with Crippen molar-refractivity contribution >= 4 is 18.0 Å². The van der Waals surface area contributed by atoms with Crippen LogP contribution in [0.1, 0.15) is 53.4 Å². The summed E-state index contributed by atoms with van der Waals surface area (Å²) in [5.41, 5.74) is 5.09. The van der Waals surface area contributed by atoms with Crippen molar-refractivity contribution in [1.29, 1.82) is 0 Å². The van der Waals surface area contributed by atoms with Crippen molar-refractivity contribution in [2.45, 2.75) is 71.6 Å². The lowest BCUT2D eigenvalue weighted by Crippen LogP contribution is -2.44. The van der Waals surface area contributed by atoms with Crippen LogP contribution in [0.15, 0.2) is 12.4 Å². The predicted molar refractivity (Wildman–Crippen MR) is 94.9 cm³/mol. The van der Waals surface area contributed by atoms with Crippen molar-refractivity contribution in [3.63, 3.8) is 0 Å². The first-order valence-corrected chi connectivity index (χ1v) is 8.65. The molecule has 8 heteroatoms. The van der Waals surface area contributed by atoms with Gasteiger partial charge in [-0.05, 0) is 40.0 Å². The van der Waals surface area contributed by atoms with Crippen molar-refractivity contribution in [2.24, 2.45) is 0 Å². The first-order chi connectivity index (χ1) is 11.7. The van der Waals surface area contributed by atoms with E-state index in [0.29, 0.717) is 31.9 Å². The lowest BCUT2D eigenvalue weighted by atomic mass is 10.1. The molecule has 1 amide bonds. The van der Waals surface area contributed by atoms with Gasteiger partial charge in [-0.1, -0.05) is 13.3 Å². The summed E-state index contributed by atoms with van der Waals surface area (Å²) < 4.78 is 12.2. The summed E-state index contributed by atoms with van der Waals surface area (Å²) in [6.45, 7) is 8.26. The fraction of sp³-hybridized carbons (Fsp3) is 0.706. The normalized spacial score (nSPS) is 12.5. The maximum Gasteiger partial charge on any atom is 0.408 e. The molecule has 3 N–H and O–H groups in total. The third kappa shape index (κ3) is 8.42. The zero-order chi connectivity index (χ0) is 18.9. The van der Waals surface area contributed by atoms with E-state index in [-0.39, 0.29) is 0 Å². The number of nitrogens with two attached hydrogens (primary N) is 1. The average molecular weight is 354 g/mol. The highest BCUT2D eigenvalue weighted by atomic mass is 16.6. The van der Waals surface area contributed by atoms with Gasteiger partial charge in [0.05, 0.1) is 6.61 Å². The van der Waals surface area contributed by atoms with Gasteiger partial charge in [-0.2, -0.15) is 0 Å². The monoisotopic (exact) mass is 354 g/mol. The van der Waals surface area contributed by atoms with Crippen LogP contribution in [0.2, 0.25) is 0 Å². The summed E-state index contributed by atoms with van der Waals surface area (Å²) in [6.07, 6.45) is 5.52. The molecule has 1 heterocycles. The van der Waals surface area contributed by atoms with Crippen LogP contribution in [-0.4, -0.2) is 39.9 Å². The number of aryl methyl sites for hydroxylation is 1. The zero-order valence-electron chi connectivity index (χ0n) is 15.6. The molecule has 0 aliphatic heterocycles. The predicted octanol–water partition coefficient (Wildman–Crippen LogP) is 2.48. The minimum absolute atomic E-state index is 0.344. The Labute approximate surface area is 149 Å². The van der Waals surface area contributed by atoms with Crippen molar-refractivity contribution in [3.8, 4) is 0 Å². The number of nitrogen functional groups attached to an aromatic ring is 1. The molecule has 1 atom stereocenters. The first-order valence-electron chi connectivity index (χ1n) is 8.65. The number of hydrogen-bond acceptors (Lipinski definition) is 6. The van der Waals surface area contributed by atoms with Gasteiger partial charge in [0, 0.05) is 18.9 Å². The number of amides is 1. The molecule has 25 heavy (non-hydrogen) atoms. The Hall–Kier alpha value is -2.25. The number of nitrogens with zero attached hydrogens (tertiary/aromatic N) is 2. The van der Waals surface area contributed by atoms with Crippen LogP contribution in [-0.2, 0) is 20.8 Å². The molecule has 1 aromatic heterocycles. The number of anilines is 1. The van der Waals surface area contributed by atoms with Gasteiger partial charge in [-0.15, -0.1) is 0 Å². The van der Waals surface area contributed by atoms with Gasteiger partial charge in [-0.25, -0.2) is 14.6 Å². The van der Waals surface area contributed by atoms with Crippen LogP contribution in [0, 0.1) is 0 Å². The molecule has 0 bridgehead atoms. The Kier molecular flexibility index (Phi) is 8.24. The Bertz CT molecular complexity index is 551. The molecule has 1 aromatic rings. The van der Waals surface area contributed by atoms with Crippen molar-refractivity contribution < 1.29 is 19.1 Å².